The van der Waals surface area contributed by atoms with Gasteiger partial charge >= 0.3 is 12.0 Å². The number of hydrogen-bond donors (Lipinski definition) is 0. The minimum Gasteiger partial charge on any atom is -0.466 e. The van der Waals surface area contributed by atoms with Crippen LogP contribution in [-0.4, -0.2) is 18.6 Å². The summed E-state index contributed by atoms with van der Waals surface area (Å²) in [5.41, 5.74) is 0. The van der Waals surface area contributed by atoms with Crippen molar-refractivity contribution in [1.82, 2.24) is 0 Å². The van der Waals surface area contributed by atoms with E-state index in [1.807, 2.05) is 0 Å². The molecule has 0 aromatic heterocycles. The normalized spacial score (nSPS) is 11.6. The molecule has 0 heterocycles. The zero-order valence-corrected chi connectivity index (χ0v) is 15.0. The van der Waals surface area contributed by atoms with Crippen molar-refractivity contribution in [2.45, 2.75) is 70.8 Å². The molecule has 0 aliphatic rings. The Labute approximate surface area is 132 Å². The second kappa shape index (κ2) is 12.3. The summed E-state index contributed by atoms with van der Waals surface area (Å²) in [4.78, 5) is 11.3. The highest BCUT2D eigenvalue weighted by atomic mass is 35.8. The van der Waals surface area contributed by atoms with Crippen LogP contribution < -0.4 is 0 Å². The largest absolute Gasteiger partial charge is 0.466 e. The molecule has 0 aromatic carbocycles. The molecular weight excluding hydrogens is 323 g/mol. The van der Waals surface area contributed by atoms with E-state index in [9.17, 15) is 4.79 Å². The molecule has 0 amide bonds. The van der Waals surface area contributed by atoms with Crippen LogP contribution in [0.4, 0.5) is 0 Å². The number of carbonyl (C=O) groups excluding carboxylic acids is 1. The van der Waals surface area contributed by atoms with Crippen molar-refractivity contribution in [1.29, 1.82) is 0 Å². The van der Waals surface area contributed by atoms with Gasteiger partial charge in [-0.2, -0.15) is 0 Å². The Morgan fingerprint density at radius 3 is 1.84 bits per heavy atom. The third-order valence-electron chi connectivity index (χ3n) is 2.86. The fourth-order valence-corrected chi connectivity index (χ4v) is 3.22. The van der Waals surface area contributed by atoms with E-state index in [1.54, 1.807) is 0 Å². The van der Waals surface area contributed by atoms with E-state index < -0.39 is 6.00 Å². The highest BCUT2D eigenvalue weighted by molar-refractivity contribution is 7.65. The molecule has 0 spiro atoms. The van der Waals surface area contributed by atoms with Gasteiger partial charge in [-0.05, 0) is 6.42 Å². The van der Waals surface area contributed by atoms with Gasteiger partial charge in [0.25, 0.3) is 0 Å². The zero-order chi connectivity index (χ0) is 14.6. The van der Waals surface area contributed by atoms with Crippen LogP contribution in [0.15, 0.2) is 0 Å². The van der Waals surface area contributed by atoms with E-state index in [2.05, 4.69) is 6.92 Å². The average Bonchev–Trinajstić information content (AvgIpc) is 2.29. The SMILES string of the molecule is CCCCCCCCCCCOC(=O)C[Si](Cl)(Cl)Cl. The van der Waals surface area contributed by atoms with Crippen LogP contribution in [-0.2, 0) is 9.53 Å². The van der Waals surface area contributed by atoms with Gasteiger partial charge in [0.1, 0.15) is 0 Å². The molecule has 0 rings (SSSR count). The number of hydrogen-bond acceptors (Lipinski definition) is 2. The summed E-state index contributed by atoms with van der Waals surface area (Å²) in [6.07, 6.45) is 11.2. The van der Waals surface area contributed by atoms with Crippen LogP contribution in [0, 0.1) is 0 Å². The van der Waals surface area contributed by atoms with E-state index in [-0.39, 0.29) is 12.0 Å². The first-order valence-electron chi connectivity index (χ1n) is 7.18. The Morgan fingerprint density at radius 2 is 1.37 bits per heavy atom. The minimum absolute atomic E-state index is 0.0465. The molecule has 114 valence electrons. The number of halogens is 3. The summed E-state index contributed by atoms with van der Waals surface area (Å²) in [5.74, 6) is -0.383. The summed E-state index contributed by atoms with van der Waals surface area (Å²) in [7, 11) is 0. The molecule has 0 saturated carbocycles. The van der Waals surface area contributed by atoms with E-state index in [4.69, 9.17) is 38.0 Å². The summed E-state index contributed by atoms with van der Waals surface area (Å²) in [6, 6.07) is -2.92. The monoisotopic (exact) mass is 346 g/mol. The van der Waals surface area contributed by atoms with E-state index >= 15 is 0 Å². The lowest BCUT2D eigenvalue weighted by Crippen LogP contribution is -2.18. The maximum atomic E-state index is 11.3. The van der Waals surface area contributed by atoms with Crippen LogP contribution in [0.3, 0.4) is 0 Å². The van der Waals surface area contributed by atoms with Crippen molar-refractivity contribution in [2.24, 2.45) is 0 Å². The van der Waals surface area contributed by atoms with Crippen molar-refractivity contribution in [3.8, 4) is 0 Å². The Bertz CT molecular complexity index is 232. The van der Waals surface area contributed by atoms with Gasteiger partial charge in [0.05, 0.1) is 12.7 Å². The summed E-state index contributed by atoms with van der Waals surface area (Å²) >= 11 is 16.9. The van der Waals surface area contributed by atoms with Crippen molar-refractivity contribution in [3.05, 3.63) is 0 Å². The predicted molar refractivity (Wildman–Crippen MR) is 86.3 cm³/mol. The van der Waals surface area contributed by atoms with Gasteiger partial charge in [0, 0.05) is 0 Å². The smallest absolute Gasteiger partial charge is 0.352 e. The molecule has 0 unspecified atom stereocenters. The van der Waals surface area contributed by atoms with Gasteiger partial charge in [-0.3, -0.25) is 4.79 Å². The van der Waals surface area contributed by atoms with E-state index in [1.165, 1.54) is 44.9 Å². The fourth-order valence-electron chi connectivity index (χ4n) is 1.81. The molecule has 6 heteroatoms. The van der Waals surface area contributed by atoms with Gasteiger partial charge in [-0.25, -0.2) is 0 Å². The molecule has 0 atom stereocenters. The molecule has 0 bridgehead atoms. The van der Waals surface area contributed by atoms with Crippen molar-refractivity contribution in [2.75, 3.05) is 6.61 Å². The number of ether oxygens (including phenoxy) is 1. The number of esters is 1. The topological polar surface area (TPSA) is 26.3 Å². The van der Waals surface area contributed by atoms with Gasteiger partial charge in [-0.15, -0.1) is 33.2 Å². The third-order valence-corrected chi connectivity index (χ3v) is 4.75. The number of carbonyl (C=O) groups is 1. The van der Waals surface area contributed by atoms with Crippen LogP contribution in [0.25, 0.3) is 0 Å². The maximum absolute atomic E-state index is 11.3. The first-order valence-corrected chi connectivity index (χ1v) is 12.4. The lowest BCUT2D eigenvalue weighted by atomic mass is 10.1. The van der Waals surface area contributed by atoms with Gasteiger partial charge in [0.15, 0.2) is 0 Å². The predicted octanol–water partition coefficient (Wildman–Crippen LogP) is 5.72. The minimum atomic E-state index is -2.88. The standard InChI is InChI=1S/C13H25Cl3O2Si/c1-2-3-4-5-6-7-8-9-10-11-18-13(17)12-19(14,15)16/h2-12H2,1H3. The lowest BCUT2D eigenvalue weighted by Gasteiger charge is -2.08. The van der Waals surface area contributed by atoms with E-state index in [0.717, 1.165) is 12.8 Å². The molecule has 0 fully saturated rings. The molecule has 0 aromatic rings. The van der Waals surface area contributed by atoms with E-state index in [0.29, 0.717) is 6.61 Å². The van der Waals surface area contributed by atoms with Crippen LogP contribution >= 0.6 is 33.2 Å². The first-order chi connectivity index (χ1) is 8.95. The van der Waals surface area contributed by atoms with Crippen LogP contribution in [0.1, 0.15) is 64.7 Å². The maximum Gasteiger partial charge on any atom is 0.352 e. The Morgan fingerprint density at radius 1 is 0.895 bits per heavy atom. The molecule has 0 aliphatic heterocycles. The third kappa shape index (κ3) is 16.5. The first kappa shape index (κ1) is 19.6. The number of rotatable bonds is 12. The quantitative estimate of drug-likeness (QED) is 0.195. The molecule has 0 saturated heterocycles. The Kier molecular flexibility index (Phi) is 12.7. The second-order valence-electron chi connectivity index (χ2n) is 4.84. The molecule has 0 radical (unpaired) electrons. The zero-order valence-electron chi connectivity index (χ0n) is 11.7. The highest BCUT2D eigenvalue weighted by Crippen LogP contribution is 2.25. The van der Waals surface area contributed by atoms with Crippen molar-refractivity contribution < 1.29 is 9.53 Å². The van der Waals surface area contributed by atoms with Crippen LogP contribution in [0.2, 0.25) is 6.04 Å². The lowest BCUT2D eigenvalue weighted by molar-refractivity contribution is -0.141. The highest BCUT2D eigenvalue weighted by Gasteiger charge is 2.29. The number of unbranched alkanes of at least 4 members (excludes halogenated alkanes) is 8. The Balaban J connectivity index is 3.21. The fraction of sp³-hybridized carbons (Fsp3) is 0.923. The van der Waals surface area contributed by atoms with Crippen LogP contribution in [0.5, 0.6) is 0 Å². The summed E-state index contributed by atoms with van der Waals surface area (Å²) < 4.78 is 5.02. The van der Waals surface area contributed by atoms with Crippen molar-refractivity contribution >= 4 is 45.2 Å². The Hall–Kier alpha value is 0.557. The second-order valence-corrected chi connectivity index (χ2v) is 14.0. The molecule has 19 heavy (non-hydrogen) atoms. The molecule has 0 aliphatic carbocycles. The average molecular weight is 348 g/mol. The molecular formula is C13H25Cl3O2Si. The van der Waals surface area contributed by atoms with Gasteiger partial charge in [0.2, 0.25) is 0 Å². The van der Waals surface area contributed by atoms with Gasteiger partial charge < -0.3 is 4.74 Å². The summed E-state index contributed by atoms with van der Waals surface area (Å²) in [5, 5.41) is 0. The van der Waals surface area contributed by atoms with Gasteiger partial charge in [-0.1, -0.05) is 58.3 Å². The van der Waals surface area contributed by atoms with Crippen molar-refractivity contribution in [3.63, 3.8) is 0 Å². The molecule has 0 N–H and O–H groups in total. The molecule has 2 nitrogen and oxygen atoms in total. The summed E-state index contributed by atoms with van der Waals surface area (Å²) in [6.45, 7) is 2.68.